The van der Waals surface area contributed by atoms with Crippen molar-refractivity contribution in [2.75, 3.05) is 26.7 Å². The highest BCUT2D eigenvalue weighted by Crippen LogP contribution is 2.19. The van der Waals surface area contributed by atoms with Gasteiger partial charge in [0.1, 0.15) is 0 Å². The van der Waals surface area contributed by atoms with E-state index in [0.717, 1.165) is 39.1 Å². The maximum absolute atomic E-state index is 5.10. The highest BCUT2D eigenvalue weighted by Gasteiger charge is 2.26. The van der Waals surface area contributed by atoms with Crippen molar-refractivity contribution in [2.45, 2.75) is 25.6 Å². The van der Waals surface area contributed by atoms with Crippen LogP contribution in [0.3, 0.4) is 0 Å². The van der Waals surface area contributed by atoms with E-state index in [1.54, 1.807) is 13.4 Å². The zero-order valence-electron chi connectivity index (χ0n) is 15.1. The molecule has 1 atom stereocenters. The van der Waals surface area contributed by atoms with E-state index < -0.39 is 0 Å². The molecular formula is C22H28N2O. The fourth-order valence-electron chi connectivity index (χ4n) is 3.50. The van der Waals surface area contributed by atoms with E-state index in [1.165, 1.54) is 11.1 Å². The van der Waals surface area contributed by atoms with Crippen molar-refractivity contribution < 1.29 is 4.74 Å². The molecule has 1 heterocycles. The largest absolute Gasteiger partial charge is 0.505 e. The molecule has 0 aromatic heterocycles. The molecule has 1 saturated heterocycles. The zero-order valence-corrected chi connectivity index (χ0v) is 15.1. The second-order valence-electron chi connectivity index (χ2n) is 6.67. The molecule has 0 saturated carbocycles. The van der Waals surface area contributed by atoms with Gasteiger partial charge in [-0.3, -0.25) is 9.80 Å². The molecule has 1 aliphatic heterocycles. The third-order valence-corrected chi connectivity index (χ3v) is 4.81. The number of ether oxygens (including phenoxy) is 1. The van der Waals surface area contributed by atoms with E-state index >= 15 is 0 Å². The Kier molecular flexibility index (Phi) is 6.66. The minimum Gasteiger partial charge on any atom is -0.505 e. The molecule has 0 bridgehead atoms. The van der Waals surface area contributed by atoms with Crippen LogP contribution in [0.2, 0.25) is 0 Å². The van der Waals surface area contributed by atoms with Gasteiger partial charge in [0.2, 0.25) is 0 Å². The first-order chi connectivity index (χ1) is 12.3. The molecule has 3 nitrogen and oxygen atoms in total. The van der Waals surface area contributed by atoms with Crippen LogP contribution >= 0.6 is 0 Å². The van der Waals surface area contributed by atoms with Crippen molar-refractivity contribution >= 4 is 0 Å². The Labute approximate surface area is 151 Å². The second-order valence-corrected chi connectivity index (χ2v) is 6.67. The van der Waals surface area contributed by atoms with E-state index in [-0.39, 0.29) is 0 Å². The number of hydrogen-bond donors (Lipinski definition) is 0. The maximum Gasteiger partial charge on any atom is 0.0785 e. The molecule has 0 N–H and O–H groups in total. The van der Waals surface area contributed by atoms with Crippen LogP contribution in [0.15, 0.2) is 73.0 Å². The predicted molar refractivity (Wildman–Crippen MR) is 103 cm³/mol. The Bertz CT molecular complexity index is 642. The van der Waals surface area contributed by atoms with Crippen molar-refractivity contribution in [3.8, 4) is 0 Å². The summed E-state index contributed by atoms with van der Waals surface area (Å²) in [4.78, 5) is 5.18. The smallest absolute Gasteiger partial charge is 0.0785 e. The quantitative estimate of drug-likeness (QED) is 0.713. The first-order valence-corrected chi connectivity index (χ1v) is 9.07. The van der Waals surface area contributed by atoms with Gasteiger partial charge in [0.25, 0.3) is 0 Å². The summed E-state index contributed by atoms with van der Waals surface area (Å²) in [5.74, 6) is 0. The molecule has 0 radical (unpaired) electrons. The summed E-state index contributed by atoms with van der Waals surface area (Å²) in [7, 11) is 1.71. The minimum atomic E-state index is 0.518. The van der Waals surface area contributed by atoms with Crippen LogP contribution < -0.4 is 0 Å². The molecule has 1 fully saturated rings. The number of piperazine rings is 1. The Balaban J connectivity index is 1.64. The Morgan fingerprint density at radius 2 is 1.56 bits per heavy atom. The topological polar surface area (TPSA) is 15.7 Å². The molecule has 132 valence electrons. The number of methoxy groups -OCH3 is 1. The molecule has 0 amide bonds. The van der Waals surface area contributed by atoms with Crippen LogP contribution in [0, 0.1) is 0 Å². The standard InChI is InChI=1S/C22H28N2O/c1-25-16-8-13-22-19-23(17-20-9-4-2-5-10-20)14-15-24(22)18-21-11-6-3-7-12-21/h2-12,16,22H,13-15,17-19H2,1H3/t22-/m0/s1. The van der Waals surface area contributed by atoms with Crippen LogP contribution in [0.5, 0.6) is 0 Å². The van der Waals surface area contributed by atoms with E-state index in [9.17, 15) is 0 Å². The third-order valence-electron chi connectivity index (χ3n) is 4.81. The molecule has 0 unspecified atom stereocenters. The monoisotopic (exact) mass is 336 g/mol. The van der Waals surface area contributed by atoms with Crippen molar-refractivity contribution in [3.05, 3.63) is 84.1 Å². The number of nitrogens with zero attached hydrogens (tertiary/aromatic N) is 2. The average molecular weight is 336 g/mol. The van der Waals surface area contributed by atoms with E-state index in [2.05, 4.69) is 76.5 Å². The van der Waals surface area contributed by atoms with Crippen LogP contribution in [0.1, 0.15) is 17.5 Å². The van der Waals surface area contributed by atoms with Gasteiger partial charge in [-0.2, -0.15) is 0 Å². The lowest BCUT2D eigenvalue weighted by Gasteiger charge is -2.41. The number of hydrogen-bond acceptors (Lipinski definition) is 3. The lowest BCUT2D eigenvalue weighted by Crippen LogP contribution is -2.52. The van der Waals surface area contributed by atoms with Crippen molar-refractivity contribution in [1.29, 1.82) is 0 Å². The van der Waals surface area contributed by atoms with Gasteiger partial charge >= 0.3 is 0 Å². The number of benzene rings is 2. The predicted octanol–water partition coefficient (Wildman–Crippen LogP) is 3.92. The fraction of sp³-hybridized carbons (Fsp3) is 0.364. The Morgan fingerprint density at radius 3 is 2.20 bits per heavy atom. The van der Waals surface area contributed by atoms with Crippen LogP contribution in [0.25, 0.3) is 0 Å². The molecule has 0 aliphatic carbocycles. The normalized spacial score (nSPS) is 19.3. The highest BCUT2D eigenvalue weighted by atomic mass is 16.5. The molecule has 1 aliphatic rings. The summed E-state index contributed by atoms with van der Waals surface area (Å²) in [6.45, 7) is 5.37. The van der Waals surface area contributed by atoms with Crippen molar-refractivity contribution in [2.24, 2.45) is 0 Å². The van der Waals surface area contributed by atoms with Crippen molar-refractivity contribution in [3.63, 3.8) is 0 Å². The van der Waals surface area contributed by atoms with Gasteiger partial charge in [0.15, 0.2) is 0 Å². The molecule has 0 spiro atoms. The molecule has 25 heavy (non-hydrogen) atoms. The fourth-order valence-corrected chi connectivity index (χ4v) is 3.50. The second kappa shape index (κ2) is 9.40. The molecule has 2 aromatic carbocycles. The summed E-state index contributed by atoms with van der Waals surface area (Å²) in [6, 6.07) is 22.1. The number of rotatable bonds is 7. The third kappa shape index (κ3) is 5.45. The van der Waals surface area contributed by atoms with Gasteiger partial charge in [-0.15, -0.1) is 0 Å². The summed E-state index contributed by atoms with van der Waals surface area (Å²) in [5, 5.41) is 0. The molecule has 2 aromatic rings. The lowest BCUT2D eigenvalue weighted by atomic mass is 10.1. The first-order valence-electron chi connectivity index (χ1n) is 9.07. The SMILES string of the molecule is COC=CC[C@H]1CN(Cc2ccccc2)CCN1Cc1ccccc1. The average Bonchev–Trinajstić information content (AvgIpc) is 2.66. The van der Waals surface area contributed by atoms with E-state index in [4.69, 9.17) is 4.74 Å². The van der Waals surface area contributed by atoms with Crippen LogP contribution in [0.4, 0.5) is 0 Å². The molecular weight excluding hydrogens is 308 g/mol. The summed E-state index contributed by atoms with van der Waals surface area (Å²) in [5.41, 5.74) is 2.78. The van der Waals surface area contributed by atoms with Gasteiger partial charge < -0.3 is 4.74 Å². The Morgan fingerprint density at radius 1 is 0.920 bits per heavy atom. The highest BCUT2D eigenvalue weighted by molar-refractivity contribution is 5.16. The summed E-state index contributed by atoms with van der Waals surface area (Å²) >= 11 is 0. The van der Waals surface area contributed by atoms with E-state index in [0.29, 0.717) is 6.04 Å². The van der Waals surface area contributed by atoms with Gasteiger partial charge in [-0.05, 0) is 23.6 Å². The van der Waals surface area contributed by atoms with Crippen LogP contribution in [-0.4, -0.2) is 42.6 Å². The van der Waals surface area contributed by atoms with Gasteiger partial charge in [0.05, 0.1) is 13.4 Å². The van der Waals surface area contributed by atoms with Crippen LogP contribution in [-0.2, 0) is 17.8 Å². The molecule has 3 rings (SSSR count). The summed E-state index contributed by atoms with van der Waals surface area (Å²) < 4.78 is 5.10. The zero-order chi connectivity index (χ0) is 17.3. The summed E-state index contributed by atoms with van der Waals surface area (Å²) in [6.07, 6.45) is 4.97. The van der Waals surface area contributed by atoms with Gasteiger partial charge in [0, 0.05) is 38.8 Å². The maximum atomic E-state index is 5.10. The molecule has 3 heteroatoms. The first kappa shape index (κ1) is 17.7. The lowest BCUT2D eigenvalue weighted by molar-refractivity contribution is 0.0651. The van der Waals surface area contributed by atoms with E-state index in [1.807, 2.05) is 0 Å². The Hall–Kier alpha value is -2.10. The van der Waals surface area contributed by atoms with Gasteiger partial charge in [-0.1, -0.05) is 60.7 Å². The van der Waals surface area contributed by atoms with Gasteiger partial charge in [-0.25, -0.2) is 0 Å². The minimum absolute atomic E-state index is 0.518. The van der Waals surface area contributed by atoms with Crippen molar-refractivity contribution in [1.82, 2.24) is 9.80 Å².